The summed E-state index contributed by atoms with van der Waals surface area (Å²) in [6.45, 7) is 0.502. The molecule has 136 valence electrons. The number of rotatable bonds is 1. The first-order valence-corrected chi connectivity index (χ1v) is 8.80. The van der Waals surface area contributed by atoms with E-state index in [4.69, 9.17) is 0 Å². The molecule has 4 amide bonds. The Morgan fingerprint density at radius 2 is 1.50 bits per heavy atom. The van der Waals surface area contributed by atoms with E-state index in [-0.39, 0.29) is 49.0 Å². The molecular weight excluding hydrogens is 336 g/mol. The summed E-state index contributed by atoms with van der Waals surface area (Å²) < 4.78 is 0. The van der Waals surface area contributed by atoms with Gasteiger partial charge >= 0.3 is 0 Å². The van der Waals surface area contributed by atoms with Gasteiger partial charge in [0.1, 0.15) is 25.4 Å². The summed E-state index contributed by atoms with van der Waals surface area (Å²) >= 11 is 0. The zero-order valence-electron chi connectivity index (χ0n) is 14.3. The second-order valence-electron chi connectivity index (χ2n) is 6.78. The summed E-state index contributed by atoms with van der Waals surface area (Å²) in [6, 6.07) is 9.54. The predicted octanol–water partition coefficient (Wildman–Crippen LogP) is 0.0464. The quantitative estimate of drug-likeness (QED) is 0.770. The third-order valence-electron chi connectivity index (χ3n) is 5.17. The van der Waals surface area contributed by atoms with Crippen molar-refractivity contribution in [1.29, 1.82) is 0 Å². The Morgan fingerprint density at radius 1 is 0.808 bits per heavy atom. The highest BCUT2D eigenvalue weighted by Gasteiger charge is 2.45. The molecule has 4 saturated heterocycles. The highest BCUT2D eigenvalue weighted by Crippen LogP contribution is 2.31. The highest BCUT2D eigenvalue weighted by atomic mass is 16.2. The molecule has 1 aromatic carbocycles. The van der Waals surface area contributed by atoms with Gasteiger partial charge in [-0.05, 0) is 25.0 Å². The van der Waals surface area contributed by atoms with Crippen molar-refractivity contribution in [2.75, 3.05) is 18.0 Å². The maximum Gasteiger partial charge on any atom is 0.248 e. The maximum atomic E-state index is 11.9. The van der Waals surface area contributed by atoms with Crippen LogP contribution in [0.2, 0.25) is 0 Å². The zero-order valence-corrected chi connectivity index (χ0v) is 14.3. The first kappa shape index (κ1) is 16.6. The predicted molar refractivity (Wildman–Crippen MR) is 91.5 cm³/mol. The summed E-state index contributed by atoms with van der Waals surface area (Å²) in [5.74, 6) is 0.183. The number of para-hydroxylation sites is 1. The van der Waals surface area contributed by atoms with E-state index in [1.165, 1.54) is 0 Å². The third-order valence-corrected chi connectivity index (χ3v) is 5.17. The van der Waals surface area contributed by atoms with E-state index in [2.05, 4.69) is 5.32 Å². The molecule has 0 bridgehead atoms. The van der Waals surface area contributed by atoms with Gasteiger partial charge < -0.3 is 15.1 Å². The molecule has 0 radical (unpaired) electrons. The van der Waals surface area contributed by atoms with E-state index in [1.807, 2.05) is 30.3 Å². The van der Waals surface area contributed by atoms with Gasteiger partial charge in [0.05, 0.1) is 0 Å². The van der Waals surface area contributed by atoms with Crippen molar-refractivity contribution in [3.8, 4) is 0 Å². The standard InChI is InChI=1S/C12H12N2O2.C6H8N2O2/c15-11-7-6-10-13(11)8-12(16)14(10)9-4-2-1-3-5-9;9-5-3-8-4(7-5)1-2-6(8)10/h1-5,10H,6-8H2;4H,1-3H2,(H,7,9). The first-order valence-electron chi connectivity index (χ1n) is 8.80. The molecule has 0 saturated carbocycles. The van der Waals surface area contributed by atoms with Crippen LogP contribution < -0.4 is 10.2 Å². The molecule has 26 heavy (non-hydrogen) atoms. The van der Waals surface area contributed by atoms with E-state index < -0.39 is 0 Å². The van der Waals surface area contributed by atoms with Crippen molar-refractivity contribution in [3.05, 3.63) is 30.3 Å². The van der Waals surface area contributed by atoms with Crippen molar-refractivity contribution in [3.63, 3.8) is 0 Å². The van der Waals surface area contributed by atoms with E-state index in [0.29, 0.717) is 12.8 Å². The van der Waals surface area contributed by atoms with Crippen LogP contribution in [-0.2, 0) is 19.2 Å². The average molecular weight is 356 g/mol. The summed E-state index contributed by atoms with van der Waals surface area (Å²) in [5.41, 5.74) is 0.884. The van der Waals surface area contributed by atoms with Gasteiger partial charge in [0.2, 0.25) is 23.6 Å². The molecule has 4 heterocycles. The van der Waals surface area contributed by atoms with Crippen LogP contribution in [0.4, 0.5) is 5.69 Å². The molecule has 2 unspecified atom stereocenters. The lowest BCUT2D eigenvalue weighted by Gasteiger charge is -2.23. The molecule has 4 aliphatic heterocycles. The summed E-state index contributed by atoms with van der Waals surface area (Å²) in [4.78, 5) is 50.0. The van der Waals surface area contributed by atoms with Crippen LogP contribution in [0.5, 0.6) is 0 Å². The number of hydrogen-bond donors (Lipinski definition) is 1. The Morgan fingerprint density at radius 3 is 2.23 bits per heavy atom. The zero-order chi connectivity index (χ0) is 18.3. The van der Waals surface area contributed by atoms with Gasteiger partial charge in [-0.3, -0.25) is 24.1 Å². The minimum absolute atomic E-state index is 0.0139. The van der Waals surface area contributed by atoms with Gasteiger partial charge in [-0.15, -0.1) is 0 Å². The smallest absolute Gasteiger partial charge is 0.248 e. The third kappa shape index (κ3) is 2.81. The van der Waals surface area contributed by atoms with Gasteiger partial charge in [-0.2, -0.15) is 0 Å². The molecule has 5 rings (SSSR count). The van der Waals surface area contributed by atoms with Crippen molar-refractivity contribution >= 4 is 29.3 Å². The summed E-state index contributed by atoms with van der Waals surface area (Å²) in [6.07, 6.45) is 2.64. The SMILES string of the molecule is O=C1CCC2N1CC(=O)N2c1ccccc1.O=C1CN2C(=O)CCC2N1. The van der Waals surface area contributed by atoms with Gasteiger partial charge in [0.15, 0.2) is 0 Å². The first-order chi connectivity index (χ1) is 12.5. The molecule has 0 aromatic heterocycles. The van der Waals surface area contributed by atoms with Crippen LogP contribution in [0.25, 0.3) is 0 Å². The van der Waals surface area contributed by atoms with Crippen molar-refractivity contribution < 1.29 is 19.2 Å². The largest absolute Gasteiger partial charge is 0.334 e. The van der Waals surface area contributed by atoms with Crippen molar-refractivity contribution in [1.82, 2.24) is 15.1 Å². The monoisotopic (exact) mass is 356 g/mol. The Bertz CT molecular complexity index is 766. The van der Waals surface area contributed by atoms with Crippen molar-refractivity contribution in [2.45, 2.75) is 38.0 Å². The summed E-state index contributed by atoms with van der Waals surface area (Å²) in [7, 11) is 0. The van der Waals surface area contributed by atoms with Gasteiger partial charge in [-0.25, -0.2) is 0 Å². The number of benzene rings is 1. The fourth-order valence-electron chi connectivity index (χ4n) is 3.94. The number of hydrogen-bond acceptors (Lipinski definition) is 4. The van der Waals surface area contributed by atoms with E-state index in [0.717, 1.165) is 18.5 Å². The molecule has 4 aliphatic rings. The van der Waals surface area contributed by atoms with Crippen LogP contribution in [0.3, 0.4) is 0 Å². The minimum Gasteiger partial charge on any atom is -0.334 e. The van der Waals surface area contributed by atoms with E-state index in [9.17, 15) is 19.2 Å². The van der Waals surface area contributed by atoms with Gasteiger partial charge in [0.25, 0.3) is 0 Å². The van der Waals surface area contributed by atoms with Crippen LogP contribution in [0.15, 0.2) is 30.3 Å². The number of anilines is 1. The number of carbonyl (C=O) groups excluding carboxylic acids is 4. The molecule has 4 fully saturated rings. The molecule has 0 aliphatic carbocycles. The molecule has 8 nitrogen and oxygen atoms in total. The van der Waals surface area contributed by atoms with Crippen LogP contribution in [-0.4, -0.2) is 58.8 Å². The lowest BCUT2D eigenvalue weighted by atomic mass is 10.2. The summed E-state index contributed by atoms with van der Waals surface area (Å²) in [5, 5.41) is 2.71. The lowest BCUT2D eigenvalue weighted by molar-refractivity contribution is -0.130. The molecule has 8 heteroatoms. The number of nitrogens with one attached hydrogen (secondary N) is 1. The van der Waals surface area contributed by atoms with E-state index >= 15 is 0 Å². The molecule has 0 spiro atoms. The molecular formula is C18H20N4O4. The normalized spacial score (nSPS) is 26.7. The maximum absolute atomic E-state index is 11.9. The van der Waals surface area contributed by atoms with Crippen LogP contribution in [0, 0.1) is 0 Å². The Hall–Kier alpha value is -2.90. The van der Waals surface area contributed by atoms with E-state index in [1.54, 1.807) is 14.7 Å². The van der Waals surface area contributed by atoms with Crippen LogP contribution in [0.1, 0.15) is 25.7 Å². The minimum atomic E-state index is -0.0533. The topological polar surface area (TPSA) is 90.0 Å². The average Bonchev–Trinajstić information content (AvgIpc) is 3.35. The Kier molecular flexibility index (Phi) is 4.10. The van der Waals surface area contributed by atoms with Crippen LogP contribution >= 0.6 is 0 Å². The fraction of sp³-hybridized carbons (Fsp3) is 0.444. The number of fused-ring (bicyclic) bond motifs is 2. The number of nitrogens with zero attached hydrogens (tertiary/aromatic N) is 3. The number of amides is 4. The second kappa shape index (κ2) is 6.44. The molecule has 1 aromatic rings. The Labute approximate surface area is 150 Å². The highest BCUT2D eigenvalue weighted by molar-refractivity contribution is 6.02. The van der Waals surface area contributed by atoms with Crippen molar-refractivity contribution in [2.24, 2.45) is 0 Å². The molecule has 2 atom stereocenters. The number of carbonyl (C=O) groups is 4. The second-order valence-corrected chi connectivity index (χ2v) is 6.78. The Balaban J connectivity index is 0.000000144. The fourth-order valence-corrected chi connectivity index (χ4v) is 3.94. The lowest BCUT2D eigenvalue weighted by Crippen LogP contribution is -2.36. The molecule has 1 N–H and O–H groups in total. The van der Waals surface area contributed by atoms with Gasteiger partial charge in [0, 0.05) is 18.5 Å². The van der Waals surface area contributed by atoms with Gasteiger partial charge in [-0.1, -0.05) is 18.2 Å².